The van der Waals surface area contributed by atoms with E-state index < -0.39 is 8.56 Å². The van der Waals surface area contributed by atoms with Gasteiger partial charge in [-0.05, 0) is 24.9 Å². The van der Waals surface area contributed by atoms with E-state index in [0.717, 1.165) is 31.7 Å². The molecule has 0 aromatic heterocycles. The lowest BCUT2D eigenvalue weighted by Gasteiger charge is -2.29. The fourth-order valence-electron chi connectivity index (χ4n) is 1.67. The highest BCUT2D eigenvalue weighted by molar-refractivity contribution is 6.67. The van der Waals surface area contributed by atoms with Crippen molar-refractivity contribution in [3.8, 4) is 0 Å². The van der Waals surface area contributed by atoms with Crippen molar-refractivity contribution in [3.05, 3.63) is 24.3 Å². The molecule has 21 heavy (non-hydrogen) atoms. The Kier molecular flexibility index (Phi) is 17.2. The van der Waals surface area contributed by atoms with Crippen LogP contribution in [0, 0.1) is 0 Å². The number of hydrogen-bond donors (Lipinski definition) is 2. The molecule has 126 valence electrons. The molecule has 0 fully saturated rings. The standard InChI is InChI=1S/C9H18O2Si.C5H10O2.C2H6/c1-3-12(4-2)10-8-6-5-7-9-11-12;6-4-2-1-3-5-7;1-2/h5-6H,3-4,7-9H2,1-2H3;1-2,6-7H,3-5H2;1-2H3/b6-5-;2-1-;/i;;1D. The molecule has 0 aromatic rings. The smallest absolute Gasteiger partial charge is 0.337 e. The number of hydrogen-bond acceptors (Lipinski definition) is 4. The number of rotatable bonds is 5. The molecule has 0 saturated heterocycles. The van der Waals surface area contributed by atoms with Gasteiger partial charge >= 0.3 is 8.56 Å². The Morgan fingerprint density at radius 3 is 2.38 bits per heavy atom. The van der Waals surface area contributed by atoms with Crippen LogP contribution in [0.3, 0.4) is 0 Å². The van der Waals surface area contributed by atoms with Crippen LogP contribution in [0.5, 0.6) is 0 Å². The van der Waals surface area contributed by atoms with Gasteiger partial charge in [0.05, 0.1) is 13.2 Å². The Bertz CT molecular complexity index is 269. The van der Waals surface area contributed by atoms with Crippen LogP contribution in [0.1, 0.15) is 41.9 Å². The molecular weight excluding hydrogens is 284 g/mol. The average Bonchev–Trinajstić information content (AvgIpc) is 2.50. The molecule has 0 aliphatic carbocycles. The van der Waals surface area contributed by atoms with E-state index in [0.29, 0.717) is 13.3 Å². The summed E-state index contributed by atoms with van der Waals surface area (Å²) in [6.07, 6.45) is 9.26. The molecule has 2 N–H and O–H groups in total. The van der Waals surface area contributed by atoms with Crippen LogP contribution in [0.15, 0.2) is 24.3 Å². The molecule has 1 aliphatic heterocycles. The van der Waals surface area contributed by atoms with Crippen molar-refractivity contribution in [1.82, 2.24) is 0 Å². The van der Waals surface area contributed by atoms with Crippen molar-refractivity contribution < 1.29 is 20.4 Å². The van der Waals surface area contributed by atoms with Crippen molar-refractivity contribution >= 4 is 8.56 Å². The minimum Gasteiger partial charge on any atom is -0.396 e. The average molecular weight is 320 g/mol. The van der Waals surface area contributed by atoms with E-state index in [1.165, 1.54) is 0 Å². The first-order valence-electron chi connectivity index (χ1n) is 8.45. The fourth-order valence-corrected chi connectivity index (χ4v) is 3.96. The van der Waals surface area contributed by atoms with Crippen LogP contribution in [-0.4, -0.2) is 45.2 Å². The summed E-state index contributed by atoms with van der Waals surface area (Å²) in [5, 5.41) is 16.3. The third kappa shape index (κ3) is 13.0. The first-order valence-corrected chi connectivity index (χ1v) is 9.98. The van der Waals surface area contributed by atoms with Crippen molar-refractivity contribution in [2.24, 2.45) is 0 Å². The summed E-state index contributed by atoms with van der Waals surface area (Å²) < 4.78 is 17.8. The van der Waals surface area contributed by atoms with Crippen LogP contribution in [0.4, 0.5) is 0 Å². The minimum absolute atomic E-state index is 0.0694. The zero-order valence-corrected chi connectivity index (χ0v) is 14.9. The van der Waals surface area contributed by atoms with E-state index in [2.05, 4.69) is 26.0 Å². The summed E-state index contributed by atoms with van der Waals surface area (Å²) in [7, 11) is -1.76. The van der Waals surface area contributed by atoms with Gasteiger partial charge in [-0.1, -0.05) is 52.0 Å². The molecule has 0 atom stereocenters. The highest BCUT2D eigenvalue weighted by Gasteiger charge is 2.33. The van der Waals surface area contributed by atoms with Crippen LogP contribution in [0.2, 0.25) is 12.1 Å². The van der Waals surface area contributed by atoms with Crippen molar-refractivity contribution in [1.29, 1.82) is 0 Å². The third-order valence-corrected chi connectivity index (χ3v) is 6.48. The van der Waals surface area contributed by atoms with Gasteiger partial charge in [0.2, 0.25) is 0 Å². The van der Waals surface area contributed by atoms with Crippen LogP contribution in [0.25, 0.3) is 0 Å². The van der Waals surface area contributed by atoms with Gasteiger partial charge in [0.15, 0.2) is 0 Å². The van der Waals surface area contributed by atoms with Gasteiger partial charge in [0.1, 0.15) is 0 Å². The predicted octanol–water partition coefficient (Wildman–Crippen LogP) is 3.41. The molecular formula is C16H34O4Si. The fraction of sp³-hybridized carbons (Fsp3) is 0.750. The van der Waals surface area contributed by atoms with Crippen LogP contribution in [-0.2, 0) is 8.85 Å². The Balaban J connectivity index is 0. The maximum atomic E-state index is 8.16. The summed E-state index contributed by atoms with van der Waals surface area (Å²) in [5.74, 6) is 0. The Labute approximate surface area is 133 Å². The quantitative estimate of drug-likeness (QED) is 0.602. The zero-order valence-electron chi connectivity index (χ0n) is 14.9. The molecule has 4 nitrogen and oxygen atoms in total. The zero-order chi connectivity index (χ0) is 17.1. The molecule has 0 amide bonds. The molecule has 0 radical (unpaired) electrons. The second kappa shape index (κ2) is 17.6. The van der Waals surface area contributed by atoms with E-state index in [9.17, 15) is 0 Å². The van der Waals surface area contributed by atoms with Gasteiger partial charge < -0.3 is 19.1 Å². The van der Waals surface area contributed by atoms with E-state index in [1.807, 2.05) is 0 Å². The normalized spacial score (nSPS) is 19.2. The Hall–Kier alpha value is -0.463. The Morgan fingerprint density at radius 1 is 1.19 bits per heavy atom. The molecule has 5 heteroatoms. The molecule has 0 spiro atoms. The third-order valence-electron chi connectivity index (χ3n) is 2.90. The van der Waals surface area contributed by atoms with Gasteiger partial charge in [0.25, 0.3) is 0 Å². The lowest BCUT2D eigenvalue weighted by molar-refractivity contribution is 0.182. The second-order valence-corrected chi connectivity index (χ2v) is 8.02. The molecule has 0 unspecified atom stereocenters. The van der Waals surface area contributed by atoms with Gasteiger partial charge in [-0.25, -0.2) is 0 Å². The topological polar surface area (TPSA) is 58.9 Å². The van der Waals surface area contributed by atoms with Crippen LogP contribution < -0.4 is 0 Å². The lowest BCUT2D eigenvalue weighted by atomic mass is 10.4. The minimum atomic E-state index is -1.76. The molecule has 1 aliphatic rings. The maximum absolute atomic E-state index is 8.16. The van der Waals surface area contributed by atoms with Gasteiger partial charge in [0, 0.05) is 14.6 Å². The summed E-state index contributed by atoms with van der Waals surface area (Å²) in [6.45, 7) is 8.44. The van der Waals surface area contributed by atoms with E-state index in [-0.39, 0.29) is 13.2 Å². The van der Waals surface area contributed by atoms with Gasteiger partial charge in [-0.15, -0.1) is 0 Å². The van der Waals surface area contributed by atoms with Crippen LogP contribution >= 0.6 is 0 Å². The maximum Gasteiger partial charge on any atom is 0.337 e. The summed E-state index contributed by atoms with van der Waals surface area (Å²) in [4.78, 5) is 0. The van der Waals surface area contributed by atoms with Crippen molar-refractivity contribution in [3.63, 3.8) is 0 Å². The first-order chi connectivity index (χ1) is 10.7. The van der Waals surface area contributed by atoms with Crippen molar-refractivity contribution in [2.75, 3.05) is 26.4 Å². The summed E-state index contributed by atoms with van der Waals surface area (Å²) in [5.41, 5.74) is 0. The molecule has 1 rings (SSSR count). The molecule has 0 bridgehead atoms. The van der Waals surface area contributed by atoms with E-state index in [1.54, 1.807) is 19.1 Å². The predicted molar refractivity (Wildman–Crippen MR) is 91.7 cm³/mol. The Morgan fingerprint density at radius 2 is 1.86 bits per heavy atom. The molecule has 0 saturated carbocycles. The molecule has 0 aromatic carbocycles. The number of aliphatic hydroxyl groups excluding tert-OH is 2. The second-order valence-electron chi connectivity index (χ2n) is 4.20. The van der Waals surface area contributed by atoms with E-state index >= 15 is 0 Å². The molecule has 1 heterocycles. The first kappa shape index (κ1) is 20.5. The SMILES string of the molecule is CC[Si]1(CC)OC/C=C\CCO1.OC/C=C\CCO.[2H]CC. The highest BCUT2D eigenvalue weighted by Crippen LogP contribution is 2.19. The summed E-state index contributed by atoms with van der Waals surface area (Å²) in [6, 6.07) is 2.13. The van der Waals surface area contributed by atoms with Gasteiger partial charge in [-0.3, -0.25) is 0 Å². The highest BCUT2D eigenvalue weighted by atomic mass is 28.4. The van der Waals surface area contributed by atoms with Crippen molar-refractivity contribution in [2.45, 2.75) is 52.6 Å². The monoisotopic (exact) mass is 319 g/mol. The largest absolute Gasteiger partial charge is 0.396 e. The summed E-state index contributed by atoms with van der Waals surface area (Å²) >= 11 is 0. The van der Waals surface area contributed by atoms with Gasteiger partial charge in [-0.2, -0.15) is 0 Å². The lowest BCUT2D eigenvalue weighted by Crippen LogP contribution is -2.41. The number of aliphatic hydroxyl groups is 2. The van der Waals surface area contributed by atoms with E-state index in [4.69, 9.17) is 20.4 Å².